The summed E-state index contributed by atoms with van der Waals surface area (Å²) in [6, 6.07) is 15.3. The van der Waals surface area contributed by atoms with Crippen molar-refractivity contribution in [1.82, 2.24) is 24.4 Å². The standard InChI is InChI=1S/C28H27FN6/c1-17-26-28(32-18(2)31-17)35(27(33-26)22-5-3-4-19(12-22)14-30)15-23-7-6-21(13-25(23)29)24-16-34-10-8-20(24)9-11-34/h3-7,12-13,20,24H,8-11,15-16H2,1-2H3. The monoisotopic (exact) mass is 466 g/mol. The van der Waals surface area contributed by atoms with Crippen LogP contribution in [0.5, 0.6) is 0 Å². The Kier molecular flexibility index (Phi) is 5.34. The van der Waals surface area contributed by atoms with Crippen molar-refractivity contribution in [3.05, 3.63) is 76.5 Å². The molecule has 0 amide bonds. The summed E-state index contributed by atoms with van der Waals surface area (Å²) >= 11 is 0. The molecule has 0 aliphatic carbocycles. The first kappa shape index (κ1) is 21.9. The molecule has 0 radical (unpaired) electrons. The van der Waals surface area contributed by atoms with Crippen LogP contribution in [0.15, 0.2) is 42.5 Å². The Hall–Kier alpha value is -3.63. The van der Waals surface area contributed by atoms with Crippen LogP contribution in [0.1, 0.15) is 47.0 Å². The van der Waals surface area contributed by atoms with Gasteiger partial charge in [0.05, 0.1) is 23.9 Å². The van der Waals surface area contributed by atoms with Gasteiger partial charge in [-0.15, -0.1) is 0 Å². The Labute approximate surface area is 204 Å². The summed E-state index contributed by atoms with van der Waals surface area (Å²) in [5, 5.41) is 9.39. The highest BCUT2D eigenvalue weighted by atomic mass is 19.1. The first-order valence-electron chi connectivity index (χ1n) is 12.2. The van der Waals surface area contributed by atoms with Gasteiger partial charge in [-0.25, -0.2) is 19.3 Å². The smallest absolute Gasteiger partial charge is 0.164 e. The fraction of sp³-hybridized carbons (Fsp3) is 0.357. The summed E-state index contributed by atoms with van der Waals surface area (Å²) in [6.07, 6.45) is 2.41. The predicted molar refractivity (Wildman–Crippen MR) is 132 cm³/mol. The van der Waals surface area contributed by atoms with Crippen molar-refractivity contribution in [3.8, 4) is 17.5 Å². The van der Waals surface area contributed by atoms with Crippen molar-refractivity contribution in [3.63, 3.8) is 0 Å². The molecule has 4 aromatic rings. The number of piperidine rings is 3. The third kappa shape index (κ3) is 3.88. The molecule has 2 aromatic heterocycles. The number of benzene rings is 2. The van der Waals surface area contributed by atoms with E-state index >= 15 is 4.39 Å². The van der Waals surface area contributed by atoms with Gasteiger partial charge >= 0.3 is 0 Å². The molecule has 0 spiro atoms. The number of aromatic nitrogens is 4. The second-order valence-corrected chi connectivity index (χ2v) is 9.84. The summed E-state index contributed by atoms with van der Waals surface area (Å²) in [4.78, 5) is 16.5. The van der Waals surface area contributed by atoms with E-state index < -0.39 is 0 Å². The first-order chi connectivity index (χ1) is 17.0. The van der Waals surface area contributed by atoms with Gasteiger partial charge in [-0.05, 0) is 75.4 Å². The van der Waals surface area contributed by atoms with Gasteiger partial charge in [-0.3, -0.25) is 0 Å². The van der Waals surface area contributed by atoms with Crippen LogP contribution < -0.4 is 0 Å². The lowest BCUT2D eigenvalue weighted by atomic mass is 9.75. The number of rotatable bonds is 4. The molecule has 3 aliphatic heterocycles. The molecule has 7 rings (SSSR count). The molecule has 0 N–H and O–H groups in total. The molecule has 5 heterocycles. The Morgan fingerprint density at radius 2 is 1.89 bits per heavy atom. The third-order valence-corrected chi connectivity index (χ3v) is 7.62. The molecule has 3 saturated heterocycles. The van der Waals surface area contributed by atoms with E-state index in [1.807, 2.05) is 36.6 Å². The molecule has 6 nitrogen and oxygen atoms in total. The Morgan fingerprint density at radius 3 is 2.60 bits per heavy atom. The number of nitriles is 1. The minimum Gasteiger partial charge on any atom is -0.304 e. The zero-order valence-electron chi connectivity index (χ0n) is 20.0. The molecule has 0 saturated carbocycles. The number of halogens is 1. The van der Waals surface area contributed by atoms with Crippen molar-refractivity contribution < 1.29 is 4.39 Å². The maximum absolute atomic E-state index is 15.5. The number of hydrogen-bond donors (Lipinski definition) is 0. The van der Waals surface area contributed by atoms with Crippen LogP contribution in [0, 0.1) is 36.9 Å². The lowest BCUT2D eigenvalue weighted by molar-refractivity contribution is 0.0870. The molecule has 1 unspecified atom stereocenters. The largest absolute Gasteiger partial charge is 0.304 e. The van der Waals surface area contributed by atoms with E-state index in [9.17, 15) is 5.26 Å². The van der Waals surface area contributed by atoms with Crippen LogP contribution >= 0.6 is 0 Å². The fourth-order valence-corrected chi connectivity index (χ4v) is 5.81. The minimum atomic E-state index is -0.194. The average molecular weight is 467 g/mol. The van der Waals surface area contributed by atoms with E-state index in [1.165, 1.54) is 25.9 Å². The number of aryl methyl sites for hydroxylation is 2. The topological polar surface area (TPSA) is 70.6 Å². The Balaban J connectivity index is 1.42. The van der Waals surface area contributed by atoms with Crippen molar-refractivity contribution in [2.75, 3.05) is 19.6 Å². The fourth-order valence-electron chi connectivity index (χ4n) is 5.81. The van der Waals surface area contributed by atoms with Gasteiger partial charge in [-0.1, -0.05) is 24.3 Å². The van der Waals surface area contributed by atoms with E-state index in [-0.39, 0.29) is 5.82 Å². The van der Waals surface area contributed by atoms with Crippen LogP contribution in [0.3, 0.4) is 0 Å². The van der Waals surface area contributed by atoms with E-state index in [2.05, 4.69) is 27.0 Å². The summed E-state index contributed by atoms with van der Waals surface area (Å²) in [5.41, 5.74) is 5.19. The van der Waals surface area contributed by atoms with E-state index in [4.69, 9.17) is 4.98 Å². The number of nitrogens with zero attached hydrogens (tertiary/aromatic N) is 6. The lowest BCUT2D eigenvalue weighted by Gasteiger charge is -2.45. The molecule has 3 aliphatic rings. The molecule has 7 heteroatoms. The molecule has 176 valence electrons. The van der Waals surface area contributed by atoms with Gasteiger partial charge in [-0.2, -0.15) is 5.26 Å². The van der Waals surface area contributed by atoms with Crippen molar-refractivity contribution in [2.24, 2.45) is 5.92 Å². The molecule has 2 bridgehead atoms. The van der Waals surface area contributed by atoms with E-state index in [0.717, 1.165) is 23.4 Å². The van der Waals surface area contributed by atoms with Crippen LogP contribution in [-0.2, 0) is 6.54 Å². The Morgan fingerprint density at radius 1 is 1.06 bits per heavy atom. The van der Waals surface area contributed by atoms with E-state index in [1.54, 1.807) is 18.2 Å². The van der Waals surface area contributed by atoms with Gasteiger partial charge in [0, 0.05) is 17.7 Å². The van der Waals surface area contributed by atoms with E-state index in [0.29, 0.717) is 52.3 Å². The van der Waals surface area contributed by atoms with Gasteiger partial charge in [0.15, 0.2) is 5.65 Å². The highest BCUT2D eigenvalue weighted by Crippen LogP contribution is 2.39. The van der Waals surface area contributed by atoms with Crippen LogP contribution in [-0.4, -0.2) is 44.1 Å². The zero-order chi connectivity index (χ0) is 24.1. The van der Waals surface area contributed by atoms with Gasteiger partial charge in [0.2, 0.25) is 0 Å². The second kappa shape index (κ2) is 8.54. The quantitative estimate of drug-likeness (QED) is 0.424. The third-order valence-electron chi connectivity index (χ3n) is 7.62. The minimum absolute atomic E-state index is 0.194. The maximum Gasteiger partial charge on any atom is 0.164 e. The van der Waals surface area contributed by atoms with Crippen LogP contribution in [0.4, 0.5) is 4.39 Å². The summed E-state index contributed by atoms with van der Waals surface area (Å²) in [7, 11) is 0. The second-order valence-electron chi connectivity index (χ2n) is 9.84. The molecule has 35 heavy (non-hydrogen) atoms. The Bertz CT molecular complexity index is 1480. The average Bonchev–Trinajstić information content (AvgIpc) is 3.24. The molecule has 3 fully saturated rings. The summed E-state index contributed by atoms with van der Waals surface area (Å²) in [6.45, 7) is 7.43. The van der Waals surface area contributed by atoms with Crippen molar-refractivity contribution in [2.45, 2.75) is 39.2 Å². The van der Waals surface area contributed by atoms with Crippen LogP contribution in [0.2, 0.25) is 0 Å². The number of imidazole rings is 1. The summed E-state index contributed by atoms with van der Waals surface area (Å²) in [5.74, 6) is 2.18. The first-order valence-corrected chi connectivity index (χ1v) is 12.2. The van der Waals surface area contributed by atoms with Crippen LogP contribution in [0.25, 0.3) is 22.6 Å². The van der Waals surface area contributed by atoms with Gasteiger partial charge in [0.1, 0.15) is 23.0 Å². The van der Waals surface area contributed by atoms with Gasteiger partial charge < -0.3 is 9.47 Å². The normalized spacial score (nSPS) is 21.4. The number of hydrogen-bond acceptors (Lipinski definition) is 5. The molecule has 2 aromatic carbocycles. The van der Waals surface area contributed by atoms with Gasteiger partial charge in [0.25, 0.3) is 0 Å². The molecular weight excluding hydrogens is 439 g/mol. The van der Waals surface area contributed by atoms with Crippen molar-refractivity contribution in [1.29, 1.82) is 5.26 Å². The molecule has 1 atom stereocenters. The summed E-state index contributed by atoms with van der Waals surface area (Å²) < 4.78 is 17.5. The maximum atomic E-state index is 15.5. The molecular formula is C28H27FN6. The van der Waals surface area contributed by atoms with Crippen molar-refractivity contribution >= 4 is 11.2 Å². The zero-order valence-corrected chi connectivity index (χ0v) is 20.0. The highest BCUT2D eigenvalue weighted by molar-refractivity contribution is 5.79. The predicted octanol–water partition coefficient (Wildman–Crippen LogP) is 4.98. The SMILES string of the molecule is Cc1nc(C)c2nc(-c3cccc(C#N)c3)n(Cc3ccc(C4CN5CCC4CC5)cc3F)c2n1. The number of fused-ring (bicyclic) bond motifs is 4. The lowest BCUT2D eigenvalue weighted by Crippen LogP contribution is -2.46. The highest BCUT2D eigenvalue weighted by Gasteiger charge is 2.35.